The third-order valence-electron chi connectivity index (χ3n) is 3.85. The maximum atomic E-state index is 13.2. The monoisotopic (exact) mass is 349 g/mol. The molecule has 1 atom stereocenters. The second-order valence-corrected chi connectivity index (χ2v) is 7.97. The van der Waals surface area contributed by atoms with E-state index >= 15 is 0 Å². The number of benzene rings is 1. The zero-order chi connectivity index (χ0) is 17.7. The van der Waals surface area contributed by atoms with Crippen LogP contribution >= 0.6 is 0 Å². The van der Waals surface area contributed by atoms with Crippen LogP contribution in [0.1, 0.15) is 41.9 Å². The summed E-state index contributed by atoms with van der Waals surface area (Å²) in [6, 6.07) is 8.60. The Kier molecular flexibility index (Phi) is 5.83. The van der Waals surface area contributed by atoms with Crippen molar-refractivity contribution in [3.8, 4) is 0 Å². The van der Waals surface area contributed by atoms with Crippen LogP contribution in [0.3, 0.4) is 0 Å². The molecule has 2 aromatic rings. The van der Waals surface area contributed by atoms with E-state index in [1.165, 1.54) is 6.26 Å². The molecule has 0 saturated carbocycles. The zero-order valence-corrected chi connectivity index (χ0v) is 15.0. The minimum absolute atomic E-state index is 0.0118. The molecule has 0 fully saturated rings. The highest BCUT2D eigenvalue weighted by atomic mass is 32.2. The van der Waals surface area contributed by atoms with Crippen molar-refractivity contribution in [1.82, 2.24) is 5.32 Å². The molecule has 0 aliphatic heterocycles. The maximum absolute atomic E-state index is 13.2. The molecule has 0 radical (unpaired) electrons. The maximum Gasteiger partial charge on any atom is 0.220 e. The molecule has 1 aromatic carbocycles. The molecule has 24 heavy (non-hydrogen) atoms. The van der Waals surface area contributed by atoms with E-state index < -0.39 is 15.1 Å². The third-order valence-corrected chi connectivity index (χ3v) is 6.05. The Morgan fingerprint density at radius 2 is 2.00 bits per heavy atom. The molecule has 1 N–H and O–H groups in total. The van der Waals surface area contributed by atoms with Gasteiger partial charge in [-0.1, -0.05) is 19.1 Å². The van der Waals surface area contributed by atoms with E-state index in [2.05, 4.69) is 5.32 Å². The molecule has 1 aromatic heterocycles. The summed E-state index contributed by atoms with van der Waals surface area (Å²) < 4.78 is 31.7. The Hall–Kier alpha value is -2.08. The second-order valence-electron chi connectivity index (χ2n) is 5.87. The molecule has 0 unspecified atom stereocenters. The highest BCUT2D eigenvalue weighted by Crippen LogP contribution is 2.31. The second kappa shape index (κ2) is 7.66. The van der Waals surface area contributed by atoms with Crippen LogP contribution in [-0.4, -0.2) is 20.9 Å². The van der Waals surface area contributed by atoms with Crippen molar-refractivity contribution in [2.75, 3.05) is 6.54 Å². The van der Waals surface area contributed by atoms with Crippen LogP contribution in [0, 0.1) is 13.8 Å². The van der Waals surface area contributed by atoms with Crippen LogP contribution in [0.4, 0.5) is 0 Å². The summed E-state index contributed by atoms with van der Waals surface area (Å²) in [4.78, 5) is 12.0. The average molecular weight is 349 g/mol. The van der Waals surface area contributed by atoms with Crippen LogP contribution in [0.15, 0.2) is 45.9 Å². The fourth-order valence-corrected chi connectivity index (χ4v) is 4.44. The summed E-state index contributed by atoms with van der Waals surface area (Å²) >= 11 is 0. The van der Waals surface area contributed by atoms with E-state index in [0.717, 1.165) is 5.56 Å². The van der Waals surface area contributed by atoms with Gasteiger partial charge in [0.1, 0.15) is 11.0 Å². The molecular weight excluding hydrogens is 326 g/mol. The fraction of sp³-hybridized carbons (Fsp3) is 0.389. The van der Waals surface area contributed by atoms with Gasteiger partial charge in [0.25, 0.3) is 0 Å². The Morgan fingerprint density at radius 3 is 2.62 bits per heavy atom. The number of hydrogen-bond acceptors (Lipinski definition) is 4. The van der Waals surface area contributed by atoms with Crippen molar-refractivity contribution in [3.63, 3.8) is 0 Å². The Morgan fingerprint density at radius 1 is 1.25 bits per heavy atom. The number of amides is 1. The van der Waals surface area contributed by atoms with Gasteiger partial charge in [0.2, 0.25) is 5.91 Å². The Bertz CT molecular complexity index is 794. The number of hydrogen-bond donors (Lipinski definition) is 1. The van der Waals surface area contributed by atoms with Crippen molar-refractivity contribution >= 4 is 15.7 Å². The van der Waals surface area contributed by atoms with Gasteiger partial charge in [-0.3, -0.25) is 4.79 Å². The lowest BCUT2D eigenvalue weighted by atomic mass is 10.2. The molecule has 2 rings (SSSR count). The van der Waals surface area contributed by atoms with Crippen LogP contribution in [-0.2, 0) is 14.6 Å². The first-order valence-electron chi connectivity index (χ1n) is 7.97. The van der Waals surface area contributed by atoms with Crippen molar-refractivity contribution in [3.05, 3.63) is 53.5 Å². The van der Waals surface area contributed by atoms with Gasteiger partial charge in [0.05, 0.1) is 11.2 Å². The summed E-state index contributed by atoms with van der Waals surface area (Å²) in [5.74, 6) is 0.165. The minimum atomic E-state index is -3.70. The minimum Gasteiger partial charge on any atom is -0.468 e. The predicted octanol–water partition coefficient (Wildman–Crippen LogP) is 3.33. The molecular formula is C18H23NO4S. The van der Waals surface area contributed by atoms with E-state index in [4.69, 9.17) is 4.42 Å². The van der Waals surface area contributed by atoms with Gasteiger partial charge in [-0.25, -0.2) is 8.42 Å². The van der Waals surface area contributed by atoms with Gasteiger partial charge in [-0.2, -0.15) is 0 Å². The number of rotatable bonds is 7. The van der Waals surface area contributed by atoms with Gasteiger partial charge in [0.15, 0.2) is 9.84 Å². The lowest BCUT2D eigenvalue weighted by Gasteiger charge is -2.18. The summed E-state index contributed by atoms with van der Waals surface area (Å²) in [6.07, 6.45) is 2.52. The molecule has 0 aliphatic carbocycles. The van der Waals surface area contributed by atoms with E-state index in [-0.39, 0.29) is 17.3 Å². The van der Waals surface area contributed by atoms with Crippen LogP contribution in [0.25, 0.3) is 0 Å². The van der Waals surface area contributed by atoms with E-state index in [1.54, 1.807) is 31.2 Å². The number of nitrogens with one attached hydrogen (secondary N) is 1. The first kappa shape index (κ1) is 18.3. The highest BCUT2D eigenvalue weighted by Gasteiger charge is 2.32. The van der Waals surface area contributed by atoms with E-state index in [1.807, 2.05) is 19.9 Å². The normalized spacial score (nSPS) is 12.8. The molecule has 130 valence electrons. The summed E-state index contributed by atoms with van der Waals surface area (Å²) in [5, 5.41) is 1.75. The van der Waals surface area contributed by atoms with Crippen LogP contribution < -0.4 is 5.32 Å². The lowest BCUT2D eigenvalue weighted by molar-refractivity contribution is -0.121. The first-order valence-corrected chi connectivity index (χ1v) is 9.52. The van der Waals surface area contributed by atoms with Gasteiger partial charge in [-0.05, 0) is 49.6 Å². The number of sulfone groups is 1. The summed E-state index contributed by atoms with van der Waals surface area (Å²) in [5.41, 5.74) is 1.55. The number of carbonyl (C=O) groups excluding carboxylic acids is 1. The molecule has 6 heteroatoms. The molecule has 0 aliphatic rings. The molecule has 0 bridgehead atoms. The SMILES string of the molecule is CCCC(=O)NC[C@H](c1ccco1)S(=O)(=O)c1cc(C)ccc1C. The standard InChI is InChI=1S/C18H23NO4S/c1-4-6-18(20)19-12-17(15-7-5-10-23-15)24(21,22)16-11-13(2)8-9-14(16)3/h5,7-11,17H,4,6,12H2,1-3H3,(H,19,20)/t17-/m1/s1. The molecule has 0 saturated heterocycles. The van der Waals surface area contributed by atoms with Crippen molar-refractivity contribution < 1.29 is 17.6 Å². The smallest absolute Gasteiger partial charge is 0.220 e. The summed E-state index contributed by atoms with van der Waals surface area (Å²) in [7, 11) is -3.70. The van der Waals surface area contributed by atoms with E-state index in [9.17, 15) is 13.2 Å². The molecule has 0 spiro atoms. The molecule has 1 amide bonds. The topological polar surface area (TPSA) is 76.4 Å². The fourth-order valence-electron chi connectivity index (χ4n) is 2.53. The van der Waals surface area contributed by atoms with E-state index in [0.29, 0.717) is 24.2 Å². The highest BCUT2D eigenvalue weighted by molar-refractivity contribution is 7.91. The van der Waals surface area contributed by atoms with Crippen LogP contribution in [0.2, 0.25) is 0 Å². The van der Waals surface area contributed by atoms with Gasteiger partial charge in [-0.15, -0.1) is 0 Å². The summed E-state index contributed by atoms with van der Waals surface area (Å²) in [6.45, 7) is 5.50. The van der Waals surface area contributed by atoms with Crippen molar-refractivity contribution in [2.24, 2.45) is 0 Å². The molecule has 5 nitrogen and oxygen atoms in total. The number of furan rings is 1. The Balaban J connectivity index is 2.39. The average Bonchev–Trinajstić information content (AvgIpc) is 3.04. The Labute approximate surface area is 143 Å². The number of carbonyl (C=O) groups is 1. The largest absolute Gasteiger partial charge is 0.468 e. The first-order chi connectivity index (χ1) is 11.4. The quantitative estimate of drug-likeness (QED) is 0.832. The molecule has 1 heterocycles. The predicted molar refractivity (Wildman–Crippen MR) is 92.5 cm³/mol. The van der Waals surface area contributed by atoms with Crippen LogP contribution in [0.5, 0.6) is 0 Å². The van der Waals surface area contributed by atoms with Gasteiger partial charge in [0, 0.05) is 13.0 Å². The van der Waals surface area contributed by atoms with Gasteiger partial charge < -0.3 is 9.73 Å². The number of aryl methyl sites for hydroxylation is 2. The third kappa shape index (κ3) is 4.06. The van der Waals surface area contributed by atoms with Crippen molar-refractivity contribution in [1.29, 1.82) is 0 Å². The zero-order valence-electron chi connectivity index (χ0n) is 14.2. The van der Waals surface area contributed by atoms with Crippen molar-refractivity contribution in [2.45, 2.75) is 43.8 Å². The lowest BCUT2D eigenvalue weighted by Crippen LogP contribution is -2.31. The van der Waals surface area contributed by atoms with Gasteiger partial charge >= 0.3 is 0 Å².